The molecule has 0 aliphatic carbocycles. The molecule has 0 aliphatic rings. The number of aliphatic hydroxyl groups is 1. The number of hydrogen-bond acceptors (Lipinski definition) is 4. The Morgan fingerprint density at radius 1 is 1.19 bits per heavy atom. The highest BCUT2D eigenvalue weighted by Gasteiger charge is 2.22. The number of para-hydroxylation sites is 1. The minimum absolute atomic E-state index is 0.174. The molecule has 0 bridgehead atoms. The second-order valence-electron chi connectivity index (χ2n) is 4.15. The minimum atomic E-state index is -4.13. The maximum Gasteiger partial charge on any atom is 0.263 e. The molecule has 2 rings (SSSR count). The molecule has 2 N–H and O–H groups in total. The fourth-order valence-corrected chi connectivity index (χ4v) is 3.06. The Morgan fingerprint density at radius 2 is 1.90 bits per heavy atom. The molecule has 0 fully saturated rings. The maximum atomic E-state index is 13.5. The van der Waals surface area contributed by atoms with Crippen LogP contribution in [0, 0.1) is 17.1 Å². The van der Waals surface area contributed by atoms with Crippen LogP contribution in [0.5, 0.6) is 0 Å². The van der Waals surface area contributed by atoms with Crippen molar-refractivity contribution >= 4 is 15.7 Å². The average Bonchev–Trinajstić information content (AvgIpc) is 2.47. The van der Waals surface area contributed by atoms with Crippen molar-refractivity contribution in [2.24, 2.45) is 0 Å². The van der Waals surface area contributed by atoms with Gasteiger partial charge in [0.1, 0.15) is 22.3 Å². The fraction of sp³-hybridized carbons (Fsp3) is 0.0714. The molecule has 0 heterocycles. The Labute approximate surface area is 121 Å². The van der Waals surface area contributed by atoms with Crippen molar-refractivity contribution in [1.29, 1.82) is 5.26 Å². The summed E-state index contributed by atoms with van der Waals surface area (Å²) in [7, 11) is -4.13. The monoisotopic (exact) mass is 306 g/mol. The van der Waals surface area contributed by atoms with Gasteiger partial charge in [-0.1, -0.05) is 24.3 Å². The summed E-state index contributed by atoms with van der Waals surface area (Å²) in [4.78, 5) is -0.447. The number of aliphatic hydroxyl groups excluding tert-OH is 1. The average molecular weight is 306 g/mol. The van der Waals surface area contributed by atoms with Gasteiger partial charge in [0.25, 0.3) is 10.0 Å². The third-order valence-corrected chi connectivity index (χ3v) is 4.22. The first-order valence-electron chi connectivity index (χ1n) is 5.90. The molecule has 0 spiro atoms. The molecule has 0 saturated carbocycles. The van der Waals surface area contributed by atoms with E-state index in [1.54, 1.807) is 24.3 Å². The van der Waals surface area contributed by atoms with E-state index in [0.717, 1.165) is 12.1 Å². The summed E-state index contributed by atoms with van der Waals surface area (Å²) in [6.07, 6.45) is 0. The van der Waals surface area contributed by atoms with Crippen LogP contribution in [0.4, 0.5) is 10.1 Å². The number of halogens is 1. The van der Waals surface area contributed by atoms with E-state index in [4.69, 9.17) is 5.26 Å². The van der Waals surface area contributed by atoms with E-state index in [-0.39, 0.29) is 12.3 Å². The molecule has 0 aromatic heterocycles. The highest BCUT2D eigenvalue weighted by molar-refractivity contribution is 7.92. The number of anilines is 1. The predicted octanol–water partition coefficient (Wildman–Crippen LogP) is 1.99. The van der Waals surface area contributed by atoms with Gasteiger partial charge in [-0.25, -0.2) is 12.8 Å². The van der Waals surface area contributed by atoms with Crippen molar-refractivity contribution in [2.45, 2.75) is 11.5 Å². The molecular weight excluding hydrogens is 295 g/mol. The molecule has 0 amide bonds. The Bertz CT molecular complexity index is 813. The van der Waals surface area contributed by atoms with Crippen molar-refractivity contribution in [3.8, 4) is 6.07 Å². The number of sulfonamides is 1. The fourth-order valence-electron chi connectivity index (χ4n) is 1.79. The lowest BCUT2D eigenvalue weighted by atomic mass is 10.2. The molecule has 0 radical (unpaired) electrons. The minimum Gasteiger partial charge on any atom is -0.392 e. The first-order valence-corrected chi connectivity index (χ1v) is 7.38. The summed E-state index contributed by atoms with van der Waals surface area (Å²) < 4.78 is 40.3. The Balaban J connectivity index is 2.50. The first-order chi connectivity index (χ1) is 9.99. The van der Waals surface area contributed by atoms with Gasteiger partial charge >= 0.3 is 0 Å². The van der Waals surface area contributed by atoms with Crippen LogP contribution >= 0.6 is 0 Å². The summed E-state index contributed by atoms with van der Waals surface area (Å²) in [5.74, 6) is -0.907. The lowest BCUT2D eigenvalue weighted by molar-refractivity contribution is 0.282. The molecule has 2 aromatic carbocycles. The van der Waals surface area contributed by atoms with Crippen LogP contribution in [0.2, 0.25) is 0 Å². The van der Waals surface area contributed by atoms with Gasteiger partial charge in [-0.2, -0.15) is 5.26 Å². The van der Waals surface area contributed by atoms with Crippen LogP contribution in [0.25, 0.3) is 0 Å². The van der Waals surface area contributed by atoms with Crippen LogP contribution in [0.15, 0.2) is 47.4 Å². The van der Waals surface area contributed by atoms with Crippen LogP contribution in [-0.2, 0) is 16.6 Å². The molecular formula is C14H11FN2O3S. The van der Waals surface area contributed by atoms with Crippen LogP contribution in [-0.4, -0.2) is 13.5 Å². The maximum absolute atomic E-state index is 13.5. The predicted molar refractivity (Wildman–Crippen MR) is 74.3 cm³/mol. The van der Waals surface area contributed by atoms with Crippen LogP contribution in [0.1, 0.15) is 11.1 Å². The number of benzene rings is 2. The first kappa shape index (κ1) is 15.0. The number of rotatable bonds is 4. The van der Waals surface area contributed by atoms with Gasteiger partial charge in [-0.3, -0.25) is 4.72 Å². The van der Waals surface area contributed by atoms with E-state index in [9.17, 15) is 17.9 Å². The lowest BCUT2D eigenvalue weighted by Gasteiger charge is -2.12. The molecule has 5 nitrogen and oxygen atoms in total. The number of nitriles is 1. The number of nitrogens with one attached hydrogen (secondary N) is 1. The van der Waals surface area contributed by atoms with E-state index in [2.05, 4.69) is 4.72 Å². The summed E-state index contributed by atoms with van der Waals surface area (Å²) in [6.45, 7) is -0.354. The molecule has 108 valence electrons. The quantitative estimate of drug-likeness (QED) is 0.904. The largest absolute Gasteiger partial charge is 0.392 e. The zero-order valence-corrected chi connectivity index (χ0v) is 11.6. The summed E-state index contributed by atoms with van der Waals surface area (Å²) in [6, 6.07) is 11.2. The highest BCUT2D eigenvalue weighted by Crippen LogP contribution is 2.23. The van der Waals surface area contributed by atoms with E-state index < -0.39 is 26.3 Å². The van der Waals surface area contributed by atoms with E-state index in [1.807, 2.05) is 0 Å². The zero-order chi connectivity index (χ0) is 15.5. The van der Waals surface area contributed by atoms with Gasteiger partial charge in [0, 0.05) is 5.56 Å². The lowest BCUT2D eigenvalue weighted by Crippen LogP contribution is -2.16. The van der Waals surface area contributed by atoms with Crippen LogP contribution in [0.3, 0.4) is 0 Å². The van der Waals surface area contributed by atoms with Crippen molar-refractivity contribution in [1.82, 2.24) is 0 Å². The van der Waals surface area contributed by atoms with E-state index >= 15 is 0 Å². The Hall–Kier alpha value is -2.43. The van der Waals surface area contributed by atoms with Crippen molar-refractivity contribution in [3.63, 3.8) is 0 Å². The number of nitrogens with zero attached hydrogens (tertiary/aromatic N) is 1. The standard InChI is InChI=1S/C14H11FN2O3S/c15-12-5-3-7-14(11(12)8-16)21(19,20)17-13-6-2-1-4-10(13)9-18/h1-7,17-18H,9H2. The molecule has 0 unspecified atom stereocenters. The smallest absolute Gasteiger partial charge is 0.263 e. The summed E-state index contributed by atoms with van der Waals surface area (Å²) >= 11 is 0. The van der Waals surface area contributed by atoms with Gasteiger partial charge < -0.3 is 5.11 Å². The third kappa shape index (κ3) is 3.02. The number of hydrogen-bond donors (Lipinski definition) is 2. The zero-order valence-electron chi connectivity index (χ0n) is 10.7. The molecule has 0 saturated heterocycles. The highest BCUT2D eigenvalue weighted by atomic mass is 32.2. The second kappa shape index (κ2) is 5.91. The van der Waals surface area contributed by atoms with Crippen molar-refractivity contribution in [3.05, 3.63) is 59.4 Å². The van der Waals surface area contributed by atoms with Gasteiger partial charge in [0.15, 0.2) is 0 Å². The molecule has 21 heavy (non-hydrogen) atoms. The molecule has 0 aliphatic heterocycles. The summed E-state index contributed by atoms with van der Waals surface area (Å²) in [5, 5.41) is 18.1. The molecule has 7 heteroatoms. The van der Waals surface area contributed by atoms with Gasteiger partial charge in [-0.15, -0.1) is 0 Å². The Morgan fingerprint density at radius 3 is 2.57 bits per heavy atom. The SMILES string of the molecule is N#Cc1c(F)cccc1S(=O)(=O)Nc1ccccc1CO. The van der Waals surface area contributed by atoms with E-state index in [0.29, 0.717) is 5.56 Å². The Kier molecular flexibility index (Phi) is 4.21. The van der Waals surface area contributed by atoms with Crippen molar-refractivity contribution in [2.75, 3.05) is 4.72 Å². The normalized spacial score (nSPS) is 10.9. The second-order valence-corrected chi connectivity index (χ2v) is 5.80. The third-order valence-electron chi connectivity index (χ3n) is 2.81. The van der Waals surface area contributed by atoms with Gasteiger partial charge in [0.05, 0.1) is 12.3 Å². The molecule has 2 aromatic rings. The van der Waals surface area contributed by atoms with Crippen molar-refractivity contribution < 1.29 is 17.9 Å². The van der Waals surface area contributed by atoms with E-state index in [1.165, 1.54) is 12.1 Å². The van der Waals surface area contributed by atoms with Crippen LogP contribution < -0.4 is 4.72 Å². The summed E-state index contributed by atoms with van der Waals surface area (Å²) in [5.41, 5.74) is -0.00406. The van der Waals surface area contributed by atoms with Gasteiger partial charge in [0.2, 0.25) is 0 Å². The topological polar surface area (TPSA) is 90.2 Å². The molecule has 0 atom stereocenters. The van der Waals surface area contributed by atoms with Gasteiger partial charge in [-0.05, 0) is 18.2 Å².